The quantitative estimate of drug-likeness (QED) is 0.545. The van der Waals surface area contributed by atoms with Crippen LogP contribution in [0.3, 0.4) is 0 Å². The number of amides is 2. The molecule has 1 atom stereocenters. The fourth-order valence-electron chi connectivity index (χ4n) is 5.55. The summed E-state index contributed by atoms with van der Waals surface area (Å²) in [5.41, 5.74) is 7.34. The molecule has 1 aliphatic carbocycles. The molecule has 0 saturated carbocycles. The van der Waals surface area contributed by atoms with E-state index in [1.54, 1.807) is 11.8 Å². The summed E-state index contributed by atoms with van der Waals surface area (Å²) in [7, 11) is 0. The molecular formula is C30H31N3O3. The van der Waals surface area contributed by atoms with Crippen LogP contribution in [0.1, 0.15) is 64.6 Å². The van der Waals surface area contributed by atoms with Crippen LogP contribution in [-0.4, -0.2) is 39.5 Å². The van der Waals surface area contributed by atoms with Gasteiger partial charge in [0, 0.05) is 37.2 Å². The molecule has 6 heteroatoms. The summed E-state index contributed by atoms with van der Waals surface area (Å²) in [5, 5.41) is 13.0. The SMILES string of the molecule is C/C=C/c1cccc(-c2nc(C(=O)NC3Cc4ccccc4C3)cc3c2[C@H](CCO)N(C(C)=O)C3)c1. The highest BCUT2D eigenvalue weighted by atomic mass is 16.3. The molecule has 2 heterocycles. The highest BCUT2D eigenvalue weighted by Gasteiger charge is 2.36. The lowest BCUT2D eigenvalue weighted by atomic mass is 9.94. The molecule has 1 aromatic heterocycles. The van der Waals surface area contributed by atoms with Crippen LogP contribution in [-0.2, 0) is 24.2 Å². The fraction of sp³-hybridized carbons (Fsp3) is 0.300. The number of allylic oxidation sites excluding steroid dienone is 1. The van der Waals surface area contributed by atoms with Gasteiger partial charge < -0.3 is 15.3 Å². The van der Waals surface area contributed by atoms with E-state index in [1.165, 1.54) is 11.1 Å². The van der Waals surface area contributed by atoms with Crippen molar-refractivity contribution < 1.29 is 14.7 Å². The average Bonchev–Trinajstić information content (AvgIpc) is 3.45. The molecule has 36 heavy (non-hydrogen) atoms. The number of aliphatic hydroxyl groups excluding tert-OH is 1. The largest absolute Gasteiger partial charge is 0.396 e. The second kappa shape index (κ2) is 10.1. The van der Waals surface area contributed by atoms with Crippen molar-refractivity contribution in [2.45, 2.75) is 51.7 Å². The Morgan fingerprint density at radius 1 is 1.08 bits per heavy atom. The zero-order chi connectivity index (χ0) is 25.2. The van der Waals surface area contributed by atoms with Crippen LogP contribution < -0.4 is 5.32 Å². The van der Waals surface area contributed by atoms with Crippen molar-refractivity contribution in [3.8, 4) is 11.3 Å². The van der Waals surface area contributed by atoms with Gasteiger partial charge in [0.05, 0.1) is 11.7 Å². The minimum Gasteiger partial charge on any atom is -0.396 e. The number of carbonyl (C=O) groups excluding carboxylic acids is 2. The van der Waals surface area contributed by atoms with Gasteiger partial charge in [-0.1, -0.05) is 54.6 Å². The molecule has 0 radical (unpaired) electrons. The van der Waals surface area contributed by atoms with Crippen LogP contribution in [0.25, 0.3) is 17.3 Å². The van der Waals surface area contributed by atoms with Crippen molar-refractivity contribution in [1.82, 2.24) is 15.2 Å². The van der Waals surface area contributed by atoms with Gasteiger partial charge in [-0.15, -0.1) is 0 Å². The number of pyridine rings is 1. The first kappa shape index (κ1) is 23.9. The maximum atomic E-state index is 13.4. The molecule has 6 nitrogen and oxygen atoms in total. The lowest BCUT2D eigenvalue weighted by molar-refractivity contribution is -0.131. The number of nitrogens with one attached hydrogen (secondary N) is 1. The lowest BCUT2D eigenvalue weighted by Gasteiger charge is -2.24. The standard InChI is InChI=1S/C30H31N3O3/c1-3-7-20-8-6-11-23(14-20)29-28-24(18-33(19(2)35)27(28)12-13-34)17-26(32-29)30(36)31-25-15-21-9-4-5-10-22(21)16-25/h3-11,14,17,25,27,34H,12-13,15-16,18H2,1-2H3,(H,31,36)/b7-3+/t27-/m0/s1. The summed E-state index contributed by atoms with van der Waals surface area (Å²) >= 11 is 0. The fourth-order valence-corrected chi connectivity index (χ4v) is 5.55. The molecule has 2 aromatic carbocycles. The number of aliphatic hydroxyl groups is 1. The maximum absolute atomic E-state index is 13.4. The van der Waals surface area contributed by atoms with Gasteiger partial charge in [-0.25, -0.2) is 4.98 Å². The molecule has 1 aliphatic heterocycles. The summed E-state index contributed by atoms with van der Waals surface area (Å²) in [6.07, 6.45) is 6.03. The van der Waals surface area contributed by atoms with Crippen molar-refractivity contribution in [2.75, 3.05) is 6.61 Å². The minimum absolute atomic E-state index is 0.0299. The predicted octanol–water partition coefficient (Wildman–Crippen LogP) is 4.46. The third-order valence-electron chi connectivity index (χ3n) is 7.14. The van der Waals surface area contributed by atoms with Crippen LogP contribution in [0.4, 0.5) is 0 Å². The van der Waals surface area contributed by atoms with Crippen molar-refractivity contribution >= 4 is 17.9 Å². The molecule has 0 unspecified atom stereocenters. The molecule has 5 rings (SSSR count). The van der Waals surface area contributed by atoms with E-state index < -0.39 is 0 Å². The number of hydrogen-bond acceptors (Lipinski definition) is 4. The highest BCUT2D eigenvalue weighted by molar-refractivity contribution is 5.94. The molecule has 184 valence electrons. The van der Waals surface area contributed by atoms with E-state index in [-0.39, 0.29) is 30.5 Å². The van der Waals surface area contributed by atoms with E-state index in [1.807, 2.05) is 61.5 Å². The van der Waals surface area contributed by atoms with Crippen molar-refractivity contribution in [3.05, 3.63) is 94.2 Å². The van der Waals surface area contributed by atoms with Crippen LogP contribution in [0.15, 0.2) is 60.7 Å². The van der Waals surface area contributed by atoms with Crippen LogP contribution in [0.2, 0.25) is 0 Å². The summed E-state index contributed by atoms with van der Waals surface area (Å²) in [6, 6.07) is 17.9. The number of benzene rings is 2. The van der Waals surface area contributed by atoms with Crippen LogP contribution in [0.5, 0.6) is 0 Å². The lowest BCUT2D eigenvalue weighted by Crippen LogP contribution is -2.36. The number of rotatable bonds is 6. The third kappa shape index (κ3) is 4.56. The Kier molecular flexibility index (Phi) is 6.70. The Bertz CT molecular complexity index is 1320. The number of fused-ring (bicyclic) bond motifs is 2. The molecule has 0 spiro atoms. The molecule has 0 fully saturated rings. The molecular weight excluding hydrogens is 450 g/mol. The Balaban J connectivity index is 1.54. The van der Waals surface area contributed by atoms with Gasteiger partial charge in [0.25, 0.3) is 5.91 Å². The first-order chi connectivity index (χ1) is 17.5. The van der Waals surface area contributed by atoms with E-state index in [4.69, 9.17) is 4.98 Å². The third-order valence-corrected chi connectivity index (χ3v) is 7.14. The van der Waals surface area contributed by atoms with Crippen LogP contribution >= 0.6 is 0 Å². The molecule has 2 aliphatic rings. The van der Waals surface area contributed by atoms with Gasteiger partial charge in [-0.05, 0) is 60.6 Å². The predicted molar refractivity (Wildman–Crippen MR) is 140 cm³/mol. The van der Waals surface area contributed by atoms with E-state index in [9.17, 15) is 14.7 Å². The monoisotopic (exact) mass is 481 g/mol. The van der Waals surface area contributed by atoms with Crippen molar-refractivity contribution in [3.63, 3.8) is 0 Å². The van der Waals surface area contributed by atoms with Gasteiger partial charge in [0.15, 0.2) is 0 Å². The van der Waals surface area contributed by atoms with Crippen LogP contribution in [0, 0.1) is 0 Å². The molecule has 2 N–H and O–H groups in total. The number of carbonyl (C=O) groups is 2. The van der Waals surface area contributed by atoms with Crippen molar-refractivity contribution in [2.24, 2.45) is 0 Å². The molecule has 3 aromatic rings. The average molecular weight is 482 g/mol. The van der Waals surface area contributed by atoms with Gasteiger partial charge in [0.1, 0.15) is 5.69 Å². The van der Waals surface area contributed by atoms with Gasteiger partial charge in [-0.2, -0.15) is 0 Å². The zero-order valence-electron chi connectivity index (χ0n) is 20.7. The Labute approximate surface area is 211 Å². The number of hydrogen-bond donors (Lipinski definition) is 2. The molecule has 0 bridgehead atoms. The Hall–Kier alpha value is -3.77. The second-order valence-corrected chi connectivity index (χ2v) is 9.58. The summed E-state index contributed by atoms with van der Waals surface area (Å²) in [5.74, 6) is -0.269. The van der Waals surface area contributed by atoms with Gasteiger partial charge in [-0.3, -0.25) is 9.59 Å². The zero-order valence-corrected chi connectivity index (χ0v) is 20.7. The smallest absolute Gasteiger partial charge is 0.270 e. The molecule has 0 saturated heterocycles. The van der Waals surface area contributed by atoms with Crippen molar-refractivity contribution in [1.29, 1.82) is 0 Å². The Morgan fingerprint density at radius 3 is 2.50 bits per heavy atom. The first-order valence-corrected chi connectivity index (χ1v) is 12.5. The maximum Gasteiger partial charge on any atom is 0.270 e. The first-order valence-electron chi connectivity index (χ1n) is 12.5. The number of nitrogens with zero attached hydrogens (tertiary/aromatic N) is 2. The highest BCUT2D eigenvalue weighted by Crippen LogP contribution is 2.42. The summed E-state index contributed by atoms with van der Waals surface area (Å²) in [4.78, 5) is 32.5. The Morgan fingerprint density at radius 2 is 1.83 bits per heavy atom. The minimum atomic E-state index is -0.281. The van der Waals surface area contributed by atoms with E-state index in [0.717, 1.165) is 35.1 Å². The normalized spacial score (nSPS) is 16.9. The summed E-state index contributed by atoms with van der Waals surface area (Å²) in [6.45, 7) is 3.86. The second-order valence-electron chi connectivity index (χ2n) is 9.58. The van der Waals surface area contributed by atoms with E-state index in [0.29, 0.717) is 24.4 Å². The van der Waals surface area contributed by atoms with Gasteiger partial charge in [0.2, 0.25) is 5.91 Å². The summed E-state index contributed by atoms with van der Waals surface area (Å²) < 4.78 is 0. The van der Waals surface area contributed by atoms with E-state index in [2.05, 4.69) is 17.4 Å². The van der Waals surface area contributed by atoms with Gasteiger partial charge >= 0.3 is 0 Å². The molecule has 2 amide bonds. The number of aromatic nitrogens is 1. The topological polar surface area (TPSA) is 82.5 Å². The van der Waals surface area contributed by atoms with E-state index >= 15 is 0 Å².